The Balaban J connectivity index is 1.76. The average molecular weight is 368 g/mol. The summed E-state index contributed by atoms with van der Waals surface area (Å²) in [5.74, 6) is -0.170. The number of unbranched alkanes of at least 4 members (excludes halogenated alkanes) is 1. The van der Waals surface area contributed by atoms with Crippen LogP contribution in [0.2, 0.25) is 0 Å². The number of hydrogen-bond acceptors (Lipinski definition) is 4. The van der Waals surface area contributed by atoms with E-state index in [-0.39, 0.29) is 11.5 Å². The zero-order valence-electron chi connectivity index (χ0n) is 16.2. The Morgan fingerprint density at radius 3 is 2.63 bits per heavy atom. The van der Waals surface area contributed by atoms with Crippen LogP contribution in [0.3, 0.4) is 0 Å². The van der Waals surface area contributed by atoms with Crippen LogP contribution in [0.5, 0.6) is 0 Å². The Kier molecular flexibility index (Phi) is 6.27. The van der Waals surface area contributed by atoms with Crippen LogP contribution in [-0.2, 0) is 13.1 Å². The number of amides is 1. The molecule has 144 valence electrons. The lowest BCUT2D eigenvalue weighted by atomic mass is 10.1. The summed E-state index contributed by atoms with van der Waals surface area (Å²) in [4.78, 5) is 28.8. The molecule has 1 fully saturated rings. The van der Waals surface area contributed by atoms with Crippen LogP contribution in [0.4, 0.5) is 5.69 Å². The highest BCUT2D eigenvalue weighted by molar-refractivity contribution is 5.91. The number of aryl methyl sites for hydroxylation is 1. The minimum Gasteiger partial charge on any atom is -0.371 e. The van der Waals surface area contributed by atoms with E-state index in [1.54, 1.807) is 11.9 Å². The summed E-state index contributed by atoms with van der Waals surface area (Å²) in [6.07, 6.45) is 4.27. The highest BCUT2D eigenvalue weighted by Gasteiger charge is 2.19. The van der Waals surface area contributed by atoms with E-state index in [2.05, 4.69) is 29.1 Å². The molecule has 0 unspecified atom stereocenters. The van der Waals surface area contributed by atoms with Gasteiger partial charge in [0.15, 0.2) is 0 Å². The van der Waals surface area contributed by atoms with Gasteiger partial charge in [-0.05, 0) is 37.0 Å². The summed E-state index contributed by atoms with van der Waals surface area (Å²) >= 11 is 0. The largest absolute Gasteiger partial charge is 0.371 e. The predicted octanol–water partition coefficient (Wildman–Crippen LogP) is 2.92. The fourth-order valence-corrected chi connectivity index (χ4v) is 3.46. The molecule has 0 bridgehead atoms. The summed E-state index contributed by atoms with van der Waals surface area (Å²) in [5, 5.41) is 4.27. The van der Waals surface area contributed by atoms with Gasteiger partial charge in [-0.3, -0.25) is 9.59 Å². The van der Waals surface area contributed by atoms with Crippen LogP contribution >= 0.6 is 0 Å². The Bertz CT molecular complexity index is 840. The molecule has 1 aromatic heterocycles. The molecule has 0 atom stereocenters. The number of hydrogen-bond donors (Lipinski definition) is 0. The molecule has 0 spiro atoms. The van der Waals surface area contributed by atoms with Crippen LogP contribution in [0.15, 0.2) is 41.2 Å². The van der Waals surface area contributed by atoms with Gasteiger partial charge in [0.25, 0.3) is 11.5 Å². The van der Waals surface area contributed by atoms with E-state index in [0.717, 1.165) is 31.5 Å². The maximum absolute atomic E-state index is 12.9. The van der Waals surface area contributed by atoms with E-state index in [1.165, 1.54) is 35.3 Å². The van der Waals surface area contributed by atoms with Gasteiger partial charge in [0.1, 0.15) is 5.69 Å². The summed E-state index contributed by atoms with van der Waals surface area (Å²) in [7, 11) is 1.78. The Labute approximate surface area is 160 Å². The van der Waals surface area contributed by atoms with Crippen molar-refractivity contribution in [1.29, 1.82) is 0 Å². The smallest absolute Gasteiger partial charge is 0.274 e. The van der Waals surface area contributed by atoms with Gasteiger partial charge >= 0.3 is 0 Å². The average Bonchev–Trinajstić information content (AvgIpc) is 3.22. The zero-order chi connectivity index (χ0) is 19.2. The van der Waals surface area contributed by atoms with Gasteiger partial charge in [0.2, 0.25) is 0 Å². The summed E-state index contributed by atoms with van der Waals surface area (Å²) in [6, 6.07) is 11.2. The number of rotatable bonds is 7. The van der Waals surface area contributed by atoms with Crippen molar-refractivity contribution >= 4 is 11.6 Å². The van der Waals surface area contributed by atoms with Crippen molar-refractivity contribution in [3.63, 3.8) is 0 Å². The van der Waals surface area contributed by atoms with Crippen LogP contribution in [0.1, 0.15) is 48.7 Å². The van der Waals surface area contributed by atoms with Gasteiger partial charge < -0.3 is 9.80 Å². The fraction of sp³-hybridized carbons (Fsp3) is 0.476. The minimum atomic E-state index is -0.170. The van der Waals surface area contributed by atoms with Gasteiger partial charge in [-0.15, -0.1) is 0 Å². The SMILES string of the molecule is CCCCn1nc(C(=O)N(C)Cc2ccccc2N2CCCC2)ccc1=O. The topological polar surface area (TPSA) is 58.4 Å². The van der Waals surface area contributed by atoms with E-state index in [9.17, 15) is 9.59 Å². The van der Waals surface area contributed by atoms with E-state index < -0.39 is 0 Å². The van der Waals surface area contributed by atoms with Gasteiger partial charge in [0, 0.05) is 45.0 Å². The monoisotopic (exact) mass is 368 g/mol. The van der Waals surface area contributed by atoms with Gasteiger partial charge in [-0.2, -0.15) is 5.10 Å². The molecule has 1 saturated heterocycles. The van der Waals surface area contributed by atoms with Crippen LogP contribution in [0.25, 0.3) is 0 Å². The molecule has 3 rings (SSSR count). The molecule has 27 heavy (non-hydrogen) atoms. The van der Waals surface area contributed by atoms with E-state index >= 15 is 0 Å². The molecule has 0 saturated carbocycles. The molecule has 0 aliphatic carbocycles. The van der Waals surface area contributed by atoms with Gasteiger partial charge in [0.05, 0.1) is 0 Å². The maximum atomic E-state index is 12.9. The first kappa shape index (κ1) is 19.1. The first-order valence-electron chi connectivity index (χ1n) is 9.76. The molecule has 1 aliphatic rings. The number of anilines is 1. The van der Waals surface area contributed by atoms with Crippen molar-refractivity contribution < 1.29 is 4.79 Å². The molecule has 0 radical (unpaired) electrons. The van der Waals surface area contributed by atoms with Crippen LogP contribution in [-0.4, -0.2) is 40.7 Å². The van der Waals surface area contributed by atoms with Gasteiger partial charge in [-0.25, -0.2) is 4.68 Å². The number of carbonyl (C=O) groups is 1. The molecule has 6 heteroatoms. The standard InChI is InChI=1S/C21H28N4O2/c1-3-4-15-25-20(26)12-11-18(22-25)21(27)23(2)16-17-9-5-6-10-19(17)24-13-7-8-14-24/h5-6,9-12H,3-4,7-8,13-16H2,1-2H3. The van der Waals surface area contributed by atoms with E-state index in [1.807, 2.05) is 12.1 Å². The third-order valence-corrected chi connectivity index (χ3v) is 5.00. The highest BCUT2D eigenvalue weighted by atomic mass is 16.2. The molecule has 1 aliphatic heterocycles. The minimum absolute atomic E-state index is 0.165. The summed E-state index contributed by atoms with van der Waals surface area (Å²) < 4.78 is 1.39. The molecule has 0 N–H and O–H groups in total. The molecule has 2 heterocycles. The van der Waals surface area contributed by atoms with Crippen molar-refractivity contribution in [2.45, 2.75) is 45.7 Å². The highest BCUT2D eigenvalue weighted by Crippen LogP contribution is 2.25. The molecule has 2 aromatic rings. The lowest BCUT2D eigenvalue weighted by Crippen LogP contribution is -2.31. The molecular weight excluding hydrogens is 340 g/mol. The number of benzene rings is 1. The Hall–Kier alpha value is -2.63. The lowest BCUT2D eigenvalue weighted by Gasteiger charge is -2.24. The third kappa shape index (κ3) is 4.56. The molecule has 1 aromatic carbocycles. The normalized spacial score (nSPS) is 13.8. The van der Waals surface area contributed by atoms with Crippen molar-refractivity contribution in [3.05, 3.63) is 58.0 Å². The van der Waals surface area contributed by atoms with Crippen LogP contribution < -0.4 is 10.5 Å². The molecule has 1 amide bonds. The second-order valence-electron chi connectivity index (χ2n) is 7.12. The van der Waals surface area contributed by atoms with Crippen LogP contribution in [0, 0.1) is 0 Å². The lowest BCUT2D eigenvalue weighted by molar-refractivity contribution is 0.0776. The van der Waals surface area contributed by atoms with E-state index in [4.69, 9.17) is 0 Å². The second-order valence-corrected chi connectivity index (χ2v) is 7.12. The zero-order valence-corrected chi connectivity index (χ0v) is 16.2. The first-order chi connectivity index (χ1) is 13.1. The maximum Gasteiger partial charge on any atom is 0.274 e. The summed E-state index contributed by atoms with van der Waals surface area (Å²) in [5.41, 5.74) is 2.49. The van der Waals surface area contributed by atoms with Gasteiger partial charge in [-0.1, -0.05) is 31.5 Å². The number of aromatic nitrogens is 2. The first-order valence-corrected chi connectivity index (χ1v) is 9.76. The fourth-order valence-electron chi connectivity index (χ4n) is 3.46. The van der Waals surface area contributed by atoms with Crippen molar-refractivity contribution in [3.8, 4) is 0 Å². The Morgan fingerprint density at radius 2 is 1.89 bits per heavy atom. The van der Waals surface area contributed by atoms with Crippen molar-refractivity contribution in [2.75, 3.05) is 25.0 Å². The van der Waals surface area contributed by atoms with Crippen molar-refractivity contribution in [1.82, 2.24) is 14.7 Å². The summed E-state index contributed by atoms with van der Waals surface area (Å²) in [6.45, 7) is 5.25. The number of carbonyl (C=O) groups excluding carboxylic acids is 1. The quantitative estimate of drug-likeness (QED) is 0.754. The van der Waals surface area contributed by atoms with E-state index in [0.29, 0.717) is 18.8 Å². The number of para-hydroxylation sites is 1. The number of nitrogens with zero attached hydrogens (tertiary/aromatic N) is 4. The second kappa shape index (κ2) is 8.84. The Morgan fingerprint density at radius 1 is 1.15 bits per heavy atom. The molecular formula is C21H28N4O2. The molecule has 6 nitrogen and oxygen atoms in total. The third-order valence-electron chi connectivity index (χ3n) is 5.00. The van der Waals surface area contributed by atoms with Crippen molar-refractivity contribution in [2.24, 2.45) is 0 Å². The predicted molar refractivity (Wildman–Crippen MR) is 107 cm³/mol.